The molecule has 2 aliphatic rings. The van der Waals surface area contributed by atoms with E-state index in [1.54, 1.807) is 19.2 Å². The molecule has 174 valence electrons. The third-order valence-corrected chi connectivity index (χ3v) is 5.55. The lowest BCUT2D eigenvalue weighted by molar-refractivity contribution is 0.0169. The summed E-state index contributed by atoms with van der Waals surface area (Å²) in [4.78, 5) is 6.66. The highest BCUT2D eigenvalue weighted by molar-refractivity contribution is 14.0. The highest BCUT2D eigenvalue weighted by Crippen LogP contribution is 2.32. The van der Waals surface area contributed by atoms with Crippen LogP contribution in [-0.4, -0.2) is 64.1 Å². The van der Waals surface area contributed by atoms with Crippen LogP contribution in [0.25, 0.3) is 0 Å². The Morgan fingerprint density at radius 3 is 2.69 bits per heavy atom. The van der Waals surface area contributed by atoms with E-state index in [1.165, 1.54) is 6.07 Å². The van der Waals surface area contributed by atoms with Crippen LogP contribution in [0.5, 0.6) is 11.5 Å². The van der Waals surface area contributed by atoms with Gasteiger partial charge in [0.1, 0.15) is 5.82 Å². The van der Waals surface area contributed by atoms with Gasteiger partial charge in [-0.15, -0.1) is 24.0 Å². The van der Waals surface area contributed by atoms with Gasteiger partial charge in [-0.05, 0) is 41.8 Å². The maximum Gasteiger partial charge on any atom is 0.231 e. The fourth-order valence-electron chi connectivity index (χ4n) is 3.90. The molecular weight excluding hydrogens is 526 g/mol. The predicted molar refractivity (Wildman–Crippen MR) is 133 cm³/mol. The summed E-state index contributed by atoms with van der Waals surface area (Å²) in [6.07, 6.45) is 0.828. The fraction of sp³-hybridized carbons (Fsp3) is 0.435. The molecule has 0 aliphatic carbocycles. The SMILES string of the molecule is CN=C(NCCc1ccc2c(c1)OCO2)NCC(c1cccc(F)c1)N1CCOCC1.I. The molecule has 0 amide bonds. The van der Waals surface area contributed by atoms with E-state index >= 15 is 0 Å². The first kappa shape index (κ1) is 24.5. The number of rotatable bonds is 7. The van der Waals surface area contributed by atoms with E-state index in [2.05, 4.69) is 20.5 Å². The van der Waals surface area contributed by atoms with Crippen molar-refractivity contribution in [2.24, 2.45) is 4.99 Å². The first-order chi connectivity index (χ1) is 15.2. The van der Waals surface area contributed by atoms with Gasteiger partial charge in [-0.25, -0.2) is 4.39 Å². The van der Waals surface area contributed by atoms with Gasteiger partial charge in [0.2, 0.25) is 6.79 Å². The Morgan fingerprint density at radius 1 is 1.09 bits per heavy atom. The number of halogens is 2. The van der Waals surface area contributed by atoms with E-state index in [4.69, 9.17) is 14.2 Å². The number of hydrogen-bond donors (Lipinski definition) is 2. The summed E-state index contributed by atoms with van der Waals surface area (Å²) in [7, 11) is 1.75. The molecule has 2 aromatic carbocycles. The Morgan fingerprint density at radius 2 is 1.91 bits per heavy atom. The zero-order valence-corrected chi connectivity index (χ0v) is 20.5. The molecule has 0 aromatic heterocycles. The number of benzene rings is 2. The molecule has 0 bridgehead atoms. The van der Waals surface area contributed by atoms with Crippen molar-refractivity contribution in [3.05, 3.63) is 59.4 Å². The number of ether oxygens (including phenoxy) is 3. The van der Waals surface area contributed by atoms with Crippen LogP contribution < -0.4 is 20.1 Å². The van der Waals surface area contributed by atoms with Crippen LogP contribution in [0.2, 0.25) is 0 Å². The van der Waals surface area contributed by atoms with Crippen molar-refractivity contribution in [2.45, 2.75) is 12.5 Å². The average molecular weight is 556 g/mol. The molecule has 1 fully saturated rings. The van der Waals surface area contributed by atoms with Gasteiger partial charge in [-0.3, -0.25) is 9.89 Å². The predicted octanol–water partition coefficient (Wildman–Crippen LogP) is 2.95. The molecule has 32 heavy (non-hydrogen) atoms. The van der Waals surface area contributed by atoms with E-state index in [9.17, 15) is 4.39 Å². The second-order valence-corrected chi connectivity index (χ2v) is 7.54. The third-order valence-electron chi connectivity index (χ3n) is 5.55. The van der Waals surface area contributed by atoms with Gasteiger partial charge < -0.3 is 24.8 Å². The third kappa shape index (κ3) is 6.46. The summed E-state index contributed by atoms with van der Waals surface area (Å²) in [6, 6.07) is 12.9. The molecule has 0 spiro atoms. The number of morpholine rings is 1. The lowest BCUT2D eigenvalue weighted by atomic mass is 10.0. The normalized spacial score (nSPS) is 16.9. The van der Waals surface area contributed by atoms with Crippen molar-refractivity contribution in [3.8, 4) is 11.5 Å². The van der Waals surface area contributed by atoms with Gasteiger partial charge in [-0.1, -0.05) is 18.2 Å². The van der Waals surface area contributed by atoms with Crippen molar-refractivity contribution >= 4 is 29.9 Å². The van der Waals surface area contributed by atoms with Crippen LogP contribution in [0.15, 0.2) is 47.5 Å². The molecule has 2 aromatic rings. The number of nitrogens with zero attached hydrogens (tertiary/aromatic N) is 2. The molecule has 4 rings (SSSR count). The second-order valence-electron chi connectivity index (χ2n) is 7.54. The van der Waals surface area contributed by atoms with E-state index < -0.39 is 0 Å². The summed E-state index contributed by atoms with van der Waals surface area (Å²) in [5.41, 5.74) is 2.11. The number of aliphatic imine (C=N–C) groups is 1. The van der Waals surface area contributed by atoms with Gasteiger partial charge in [0.05, 0.1) is 19.3 Å². The quantitative estimate of drug-likeness (QED) is 0.311. The van der Waals surface area contributed by atoms with E-state index in [-0.39, 0.29) is 42.6 Å². The highest BCUT2D eigenvalue weighted by atomic mass is 127. The molecule has 0 radical (unpaired) electrons. The molecule has 1 atom stereocenters. The van der Waals surface area contributed by atoms with Crippen LogP contribution in [0, 0.1) is 5.82 Å². The Labute approximate surface area is 205 Å². The van der Waals surface area contributed by atoms with Crippen molar-refractivity contribution in [3.63, 3.8) is 0 Å². The Hall–Kier alpha value is -2.11. The standard InChI is InChI=1S/C23H29FN4O3.HI/c1-25-23(26-8-7-17-5-6-21-22(13-17)31-16-30-21)27-15-20(28-9-11-29-12-10-28)18-3-2-4-19(24)14-18;/h2-6,13-14,20H,7-12,15-16H2,1H3,(H2,25,26,27);1H. The average Bonchev–Trinajstić information content (AvgIpc) is 3.27. The molecule has 2 heterocycles. The number of nitrogens with one attached hydrogen (secondary N) is 2. The first-order valence-corrected chi connectivity index (χ1v) is 10.6. The van der Waals surface area contributed by atoms with Crippen LogP contribution in [0.3, 0.4) is 0 Å². The van der Waals surface area contributed by atoms with Gasteiger partial charge in [0, 0.05) is 33.2 Å². The lowest BCUT2D eigenvalue weighted by Crippen LogP contribution is -2.46. The summed E-state index contributed by atoms with van der Waals surface area (Å²) < 4.78 is 30.1. The monoisotopic (exact) mass is 556 g/mol. The minimum absolute atomic E-state index is 0. The van der Waals surface area contributed by atoms with Gasteiger partial charge in [0.25, 0.3) is 0 Å². The molecule has 7 nitrogen and oxygen atoms in total. The van der Waals surface area contributed by atoms with Crippen LogP contribution in [0.1, 0.15) is 17.2 Å². The van der Waals surface area contributed by atoms with E-state index in [0.717, 1.165) is 54.6 Å². The van der Waals surface area contributed by atoms with Crippen molar-refractivity contribution < 1.29 is 18.6 Å². The molecular formula is C23H30FIN4O3. The highest BCUT2D eigenvalue weighted by Gasteiger charge is 2.23. The minimum Gasteiger partial charge on any atom is -0.454 e. The van der Waals surface area contributed by atoms with Crippen molar-refractivity contribution in [1.29, 1.82) is 0 Å². The number of guanidine groups is 1. The van der Waals surface area contributed by atoms with Gasteiger partial charge in [0.15, 0.2) is 17.5 Å². The minimum atomic E-state index is -0.220. The maximum absolute atomic E-state index is 13.9. The maximum atomic E-state index is 13.9. The van der Waals surface area contributed by atoms with Crippen molar-refractivity contribution in [2.75, 3.05) is 53.2 Å². The summed E-state index contributed by atoms with van der Waals surface area (Å²) in [5.74, 6) is 2.08. The van der Waals surface area contributed by atoms with Crippen LogP contribution in [-0.2, 0) is 11.2 Å². The number of fused-ring (bicyclic) bond motifs is 1. The molecule has 1 unspecified atom stereocenters. The molecule has 9 heteroatoms. The number of hydrogen-bond acceptors (Lipinski definition) is 5. The Bertz CT molecular complexity index is 909. The second kappa shape index (κ2) is 12.2. The zero-order chi connectivity index (χ0) is 21.5. The summed E-state index contributed by atoms with van der Waals surface area (Å²) in [6.45, 7) is 4.64. The van der Waals surface area contributed by atoms with Crippen LogP contribution in [0.4, 0.5) is 4.39 Å². The van der Waals surface area contributed by atoms with E-state index in [1.807, 2.05) is 24.3 Å². The molecule has 0 saturated carbocycles. The van der Waals surface area contributed by atoms with Gasteiger partial charge in [-0.2, -0.15) is 0 Å². The zero-order valence-electron chi connectivity index (χ0n) is 18.2. The van der Waals surface area contributed by atoms with Crippen LogP contribution >= 0.6 is 24.0 Å². The smallest absolute Gasteiger partial charge is 0.231 e. The van der Waals surface area contributed by atoms with Gasteiger partial charge >= 0.3 is 0 Å². The molecule has 2 N–H and O–H groups in total. The molecule has 1 saturated heterocycles. The van der Waals surface area contributed by atoms with Crippen molar-refractivity contribution in [1.82, 2.24) is 15.5 Å². The molecule has 2 aliphatic heterocycles. The topological polar surface area (TPSA) is 67.4 Å². The largest absolute Gasteiger partial charge is 0.454 e. The Kier molecular flexibility index (Phi) is 9.36. The lowest BCUT2D eigenvalue weighted by Gasteiger charge is -2.35. The summed E-state index contributed by atoms with van der Waals surface area (Å²) >= 11 is 0. The summed E-state index contributed by atoms with van der Waals surface area (Å²) in [5, 5.41) is 6.76. The fourth-order valence-corrected chi connectivity index (χ4v) is 3.90. The Balaban J connectivity index is 0.00000289. The first-order valence-electron chi connectivity index (χ1n) is 10.6. The van der Waals surface area contributed by atoms with E-state index in [0.29, 0.717) is 19.8 Å².